The van der Waals surface area contributed by atoms with Gasteiger partial charge in [-0.25, -0.2) is 19.4 Å². The number of benzene rings is 1. The Morgan fingerprint density at radius 1 is 1.12 bits per heavy atom. The second-order valence-corrected chi connectivity index (χ2v) is 11.8. The lowest BCUT2D eigenvalue weighted by Gasteiger charge is -2.33. The summed E-state index contributed by atoms with van der Waals surface area (Å²) >= 11 is 0. The van der Waals surface area contributed by atoms with Gasteiger partial charge in [0.05, 0.1) is 11.3 Å². The Hall–Kier alpha value is -3.78. The van der Waals surface area contributed by atoms with E-state index in [1.165, 1.54) is 24.7 Å². The Kier molecular flexibility index (Phi) is 7.90. The van der Waals surface area contributed by atoms with Gasteiger partial charge in [-0.05, 0) is 25.6 Å². The molecule has 13 heteroatoms. The van der Waals surface area contributed by atoms with Crippen molar-refractivity contribution in [2.45, 2.75) is 19.8 Å². The van der Waals surface area contributed by atoms with Gasteiger partial charge in [-0.3, -0.25) is 4.79 Å². The topological polar surface area (TPSA) is 140 Å². The fourth-order valence-electron chi connectivity index (χ4n) is 4.65. The highest BCUT2D eigenvalue weighted by Gasteiger charge is 2.28. The van der Waals surface area contributed by atoms with Gasteiger partial charge in [0.15, 0.2) is 17.3 Å². The van der Waals surface area contributed by atoms with Gasteiger partial charge in [0.2, 0.25) is 0 Å². The molecule has 1 aromatic carbocycles. The maximum absolute atomic E-state index is 15.5. The van der Waals surface area contributed by atoms with Crippen LogP contribution in [0, 0.1) is 11.0 Å². The van der Waals surface area contributed by atoms with E-state index in [2.05, 4.69) is 36.8 Å². The highest BCUT2D eigenvalue weighted by Crippen LogP contribution is 2.28. The number of aromatic nitrogens is 4. The Morgan fingerprint density at radius 3 is 2.65 bits per heavy atom. The molecule has 0 bridgehead atoms. The third kappa shape index (κ3) is 5.45. The van der Waals surface area contributed by atoms with Crippen molar-refractivity contribution in [3.05, 3.63) is 71.2 Å². The molecular formula is C27H30FN7O4S. The number of nitrogens with zero attached hydrogens (tertiary/aromatic N) is 5. The van der Waals surface area contributed by atoms with Crippen molar-refractivity contribution >= 4 is 38.3 Å². The molecular weight excluding hydrogens is 537 g/mol. The number of anilines is 1. The van der Waals surface area contributed by atoms with Crippen LogP contribution in [0.25, 0.3) is 22.3 Å². The molecule has 1 fully saturated rings. The van der Waals surface area contributed by atoms with Crippen LogP contribution >= 0.6 is 0 Å². The third-order valence-corrected chi connectivity index (χ3v) is 8.67. The Morgan fingerprint density at radius 2 is 1.90 bits per heavy atom. The SMILES string of the molecule is CCCCS(=O)(=O)[NH+]([O-])c1cccc(C(=O)c2c[nH]c3ncc(-c4cc(N5CCN(C)CC5)ncn4)cc23)c1F. The van der Waals surface area contributed by atoms with E-state index in [4.69, 9.17) is 0 Å². The molecule has 4 heterocycles. The van der Waals surface area contributed by atoms with Gasteiger partial charge in [-0.15, -0.1) is 0 Å². The van der Waals surface area contributed by atoms with Gasteiger partial charge in [-0.2, -0.15) is 12.8 Å². The second kappa shape index (κ2) is 11.4. The number of halogens is 1. The molecule has 1 unspecified atom stereocenters. The molecule has 2 N–H and O–H groups in total. The number of fused-ring (bicyclic) bond motifs is 1. The van der Waals surface area contributed by atoms with Crippen molar-refractivity contribution in [3.8, 4) is 11.3 Å². The molecule has 4 aromatic rings. The average Bonchev–Trinajstić information content (AvgIpc) is 3.39. The summed E-state index contributed by atoms with van der Waals surface area (Å²) in [6, 6.07) is 7.23. The van der Waals surface area contributed by atoms with Crippen molar-refractivity contribution in [1.29, 1.82) is 0 Å². The maximum atomic E-state index is 15.5. The number of carbonyl (C=O) groups is 1. The lowest BCUT2D eigenvalue weighted by Crippen LogP contribution is -3.05. The van der Waals surface area contributed by atoms with Gasteiger partial charge in [0.25, 0.3) is 10.0 Å². The van der Waals surface area contributed by atoms with E-state index in [9.17, 15) is 18.4 Å². The summed E-state index contributed by atoms with van der Waals surface area (Å²) in [6.07, 6.45) is 5.39. The molecule has 1 aliphatic heterocycles. The molecule has 210 valence electrons. The van der Waals surface area contributed by atoms with Crippen molar-refractivity contribution in [3.63, 3.8) is 0 Å². The molecule has 40 heavy (non-hydrogen) atoms. The minimum absolute atomic E-state index is 0.134. The number of sulfonamides is 1. The molecule has 1 atom stereocenters. The number of pyridine rings is 1. The molecule has 0 saturated carbocycles. The van der Waals surface area contributed by atoms with Crippen molar-refractivity contribution in [2.75, 3.05) is 43.9 Å². The number of ketones is 1. The molecule has 1 saturated heterocycles. The molecule has 3 aromatic heterocycles. The van der Waals surface area contributed by atoms with Crippen molar-refractivity contribution < 1.29 is 22.1 Å². The highest BCUT2D eigenvalue weighted by atomic mass is 32.2. The van der Waals surface area contributed by atoms with Crippen LogP contribution < -0.4 is 9.37 Å². The number of H-pyrrole nitrogens is 1. The zero-order valence-electron chi connectivity index (χ0n) is 22.2. The summed E-state index contributed by atoms with van der Waals surface area (Å²) < 4.78 is 38.9. The Balaban J connectivity index is 1.47. The quantitative estimate of drug-likeness (QED) is 0.230. The normalized spacial score (nSPS) is 15.4. The van der Waals surface area contributed by atoms with E-state index in [0.717, 1.165) is 38.1 Å². The first-order valence-electron chi connectivity index (χ1n) is 13.0. The summed E-state index contributed by atoms with van der Waals surface area (Å²) in [5, 5.41) is 13.1. The lowest BCUT2D eigenvalue weighted by atomic mass is 10.0. The van der Waals surface area contributed by atoms with Gasteiger partial charge >= 0.3 is 0 Å². The highest BCUT2D eigenvalue weighted by molar-refractivity contribution is 7.85. The first-order valence-corrected chi connectivity index (χ1v) is 14.7. The Labute approximate surface area is 231 Å². The van der Waals surface area contributed by atoms with Gasteiger partial charge in [0, 0.05) is 67.2 Å². The minimum Gasteiger partial charge on any atom is -0.613 e. The molecule has 11 nitrogen and oxygen atoms in total. The first-order chi connectivity index (χ1) is 19.2. The summed E-state index contributed by atoms with van der Waals surface area (Å²) in [6.45, 7) is 5.32. The molecule has 1 aliphatic rings. The third-order valence-electron chi connectivity index (χ3n) is 7.06. The van der Waals surface area contributed by atoms with Crippen LogP contribution in [0.3, 0.4) is 0 Å². The number of likely N-dealkylation sites (N-methyl/N-ethyl adjacent to an activating group) is 1. The van der Waals surface area contributed by atoms with Crippen molar-refractivity contribution in [1.82, 2.24) is 24.8 Å². The molecule has 0 amide bonds. The second-order valence-electron chi connectivity index (χ2n) is 9.83. The number of unbranched alkanes of at least 4 members (excludes halogenated alkanes) is 1. The Bertz CT molecular complexity index is 1650. The number of hydrogen-bond acceptors (Lipinski definition) is 9. The van der Waals surface area contributed by atoms with E-state index in [1.807, 2.05) is 6.07 Å². The largest absolute Gasteiger partial charge is 0.613 e. The standard InChI is InChI=1S/C27H30FN7O4S/c1-3-4-12-40(38,39)35(37)23-7-5-6-19(25(23)28)26(36)21-16-30-27-20(21)13-18(15-29-27)22-14-24(32-17-31-22)34-10-8-33(2)9-11-34/h5-7,13-17,35H,3-4,8-12H2,1-2H3,(H,29,30). The number of carbonyl (C=O) groups excluding carboxylic acids is 1. The zero-order valence-corrected chi connectivity index (χ0v) is 23.0. The van der Waals surface area contributed by atoms with E-state index in [1.54, 1.807) is 19.2 Å². The number of quaternary nitrogens is 1. The van der Waals surface area contributed by atoms with E-state index in [0.29, 0.717) is 28.7 Å². The van der Waals surface area contributed by atoms with Gasteiger partial charge in [-0.1, -0.05) is 19.4 Å². The fourth-order valence-corrected chi connectivity index (χ4v) is 6.00. The van der Waals surface area contributed by atoms with Crippen molar-refractivity contribution in [2.24, 2.45) is 0 Å². The van der Waals surface area contributed by atoms with Crippen LogP contribution in [0.2, 0.25) is 0 Å². The monoisotopic (exact) mass is 567 g/mol. The van der Waals surface area contributed by atoms with E-state index in [-0.39, 0.29) is 17.7 Å². The summed E-state index contributed by atoms with van der Waals surface area (Å²) in [5.74, 6) is -1.45. The van der Waals surface area contributed by atoms with Crippen LogP contribution in [0.4, 0.5) is 15.9 Å². The first kappa shape index (κ1) is 27.8. The number of hydrogen-bond donors (Lipinski definition) is 2. The minimum atomic E-state index is -4.20. The summed E-state index contributed by atoms with van der Waals surface area (Å²) in [5.41, 5.74) is 0.768. The van der Waals surface area contributed by atoms with E-state index >= 15 is 4.39 Å². The lowest BCUT2D eigenvalue weighted by molar-refractivity contribution is -0.626. The molecule has 0 radical (unpaired) electrons. The number of piperazine rings is 1. The number of aromatic amines is 1. The van der Waals surface area contributed by atoms with Crippen LogP contribution in [-0.4, -0.2) is 78.0 Å². The average molecular weight is 568 g/mol. The van der Waals surface area contributed by atoms with Gasteiger partial charge < -0.3 is 20.0 Å². The number of rotatable bonds is 9. The predicted molar refractivity (Wildman–Crippen MR) is 149 cm³/mol. The summed E-state index contributed by atoms with van der Waals surface area (Å²) in [4.78, 5) is 34.1. The number of nitrogens with one attached hydrogen (secondary N) is 2. The molecule has 0 spiro atoms. The van der Waals surface area contributed by atoms with Crippen LogP contribution in [0.15, 0.2) is 49.1 Å². The molecule has 0 aliphatic carbocycles. The smallest absolute Gasteiger partial charge is 0.300 e. The maximum Gasteiger partial charge on any atom is 0.300 e. The predicted octanol–water partition coefficient (Wildman–Crippen LogP) is 2.29. The zero-order chi connectivity index (χ0) is 28.4. The van der Waals surface area contributed by atoms with Crippen LogP contribution in [0.5, 0.6) is 0 Å². The van der Waals surface area contributed by atoms with Crippen LogP contribution in [-0.2, 0) is 10.0 Å². The van der Waals surface area contributed by atoms with Gasteiger partial charge in [0.1, 0.15) is 23.5 Å². The summed E-state index contributed by atoms with van der Waals surface area (Å²) in [7, 11) is -2.13. The van der Waals surface area contributed by atoms with Crippen LogP contribution in [0.1, 0.15) is 35.7 Å². The fraction of sp³-hybridized carbons (Fsp3) is 0.333. The molecule has 5 rings (SSSR count). The van der Waals surface area contributed by atoms with E-state index < -0.39 is 37.3 Å².